The van der Waals surface area contributed by atoms with Crippen molar-refractivity contribution < 1.29 is 2.85 Å². The molecule has 0 amide bonds. The molecule has 0 heterocycles. The van der Waals surface area contributed by atoms with Gasteiger partial charge in [0.1, 0.15) is 0 Å². The van der Waals surface area contributed by atoms with Crippen LogP contribution in [-0.2, 0) is 10.8 Å². The molecule has 0 aliphatic heterocycles. The van der Waals surface area contributed by atoms with Gasteiger partial charge in [0.25, 0.3) is 0 Å². The number of aryl methyl sites for hydroxylation is 1. The topological polar surface area (TPSA) is 0 Å². The third-order valence-corrected chi connectivity index (χ3v) is 3.58. The van der Waals surface area contributed by atoms with Gasteiger partial charge in [-0.3, -0.25) is 0 Å². The van der Waals surface area contributed by atoms with Crippen LogP contribution in [0.2, 0.25) is 0 Å². The van der Waals surface area contributed by atoms with E-state index in [1.165, 1.54) is 16.7 Å². The van der Waals surface area contributed by atoms with Crippen LogP contribution in [0.4, 0.5) is 0 Å². The number of hydrogen-bond donors (Lipinski definition) is 0. The Morgan fingerprint density at radius 3 is 1.88 bits per heavy atom. The molecule has 0 fully saturated rings. The fourth-order valence-electron chi connectivity index (χ4n) is 1.97. The Bertz CT molecular complexity index is 443. The minimum Gasteiger partial charge on any atom is -0.102 e. The lowest BCUT2D eigenvalue weighted by Crippen LogP contribution is -2.23. The van der Waals surface area contributed by atoms with Gasteiger partial charge in [0.05, 0.1) is 0 Å². The van der Waals surface area contributed by atoms with E-state index in [0.29, 0.717) is 0 Å². The first-order valence-electron chi connectivity index (χ1n) is 6.13. The van der Waals surface area contributed by atoms with E-state index in [-0.39, 0.29) is 13.7 Å². The normalized spacial score (nSPS) is 12.3. The van der Waals surface area contributed by atoms with Crippen LogP contribution >= 0.6 is 0 Å². The highest BCUT2D eigenvalue weighted by atomic mass is 14.3. The van der Waals surface area contributed by atoms with Crippen LogP contribution in [0, 0.1) is 6.92 Å². The maximum Gasteiger partial charge on any atom is 0.00758 e. The fourth-order valence-corrected chi connectivity index (χ4v) is 1.97. The quantitative estimate of drug-likeness (QED) is 0.608. The molecular formula is C17H28. The zero-order chi connectivity index (χ0) is 13.3. The summed E-state index contributed by atoms with van der Waals surface area (Å²) in [7, 11) is 0. The van der Waals surface area contributed by atoms with E-state index in [4.69, 9.17) is 0 Å². The fraction of sp³-hybridized carbons (Fsp3) is 0.412. The maximum atomic E-state index is 3.96. The van der Waals surface area contributed by atoms with Crippen molar-refractivity contribution >= 4 is 0 Å². The summed E-state index contributed by atoms with van der Waals surface area (Å²) in [6, 6.07) is 6.66. The smallest absolute Gasteiger partial charge is 0.00758 e. The van der Waals surface area contributed by atoms with Gasteiger partial charge in [0.2, 0.25) is 0 Å². The summed E-state index contributed by atoms with van der Waals surface area (Å²) in [6.07, 6.45) is 4.03. The highest BCUT2D eigenvalue weighted by Crippen LogP contribution is 2.36. The molecular weight excluding hydrogens is 204 g/mol. The minimum absolute atomic E-state index is 0. The van der Waals surface area contributed by atoms with Crippen LogP contribution < -0.4 is 0 Å². The number of benzene rings is 1. The average molecular weight is 232 g/mol. The zero-order valence-corrected chi connectivity index (χ0v) is 11.8. The first-order valence-corrected chi connectivity index (χ1v) is 6.13. The van der Waals surface area contributed by atoms with Crippen LogP contribution in [0.3, 0.4) is 0 Å². The summed E-state index contributed by atoms with van der Waals surface area (Å²) in [4.78, 5) is 0. The first kappa shape index (κ1) is 13.8. The number of hydrogen-bond acceptors (Lipinski definition) is 0. The van der Waals surface area contributed by atoms with Crippen molar-refractivity contribution in [1.82, 2.24) is 0 Å². The summed E-state index contributed by atoms with van der Waals surface area (Å²) >= 11 is 0. The van der Waals surface area contributed by atoms with Crippen LogP contribution in [0.25, 0.3) is 0 Å². The van der Waals surface area contributed by atoms with E-state index in [1.807, 2.05) is 12.2 Å². The molecule has 0 saturated carbocycles. The molecule has 0 heteroatoms. The predicted octanol–water partition coefficient (Wildman–Crippen LogP) is 5.41. The SMILES string of the molecule is C=CC(C)(C)c1ccc(C)cc1C(C)(C)C=C.[HH].[HH]. The van der Waals surface area contributed by atoms with E-state index in [0.717, 1.165) is 0 Å². The Labute approximate surface area is 109 Å². The van der Waals surface area contributed by atoms with Crippen molar-refractivity contribution in [3.05, 3.63) is 60.2 Å². The highest BCUT2D eigenvalue weighted by Gasteiger charge is 2.26. The van der Waals surface area contributed by atoms with Crippen molar-refractivity contribution in [2.45, 2.75) is 45.4 Å². The Balaban J connectivity index is 0. The Hall–Kier alpha value is -1.30. The second-order valence-corrected chi connectivity index (χ2v) is 5.90. The minimum atomic E-state index is -0.0123. The molecule has 0 atom stereocenters. The highest BCUT2D eigenvalue weighted by molar-refractivity contribution is 5.44. The van der Waals surface area contributed by atoms with Gasteiger partial charge in [0, 0.05) is 13.7 Å². The van der Waals surface area contributed by atoms with E-state index in [2.05, 4.69) is 66.0 Å². The van der Waals surface area contributed by atoms with Crippen molar-refractivity contribution in [1.29, 1.82) is 0 Å². The summed E-state index contributed by atoms with van der Waals surface area (Å²) in [6.45, 7) is 18.9. The molecule has 0 spiro atoms. The first-order chi connectivity index (χ1) is 7.74. The second-order valence-electron chi connectivity index (χ2n) is 5.90. The van der Waals surface area contributed by atoms with Crippen LogP contribution in [0.5, 0.6) is 0 Å². The molecule has 1 aromatic carbocycles. The van der Waals surface area contributed by atoms with Gasteiger partial charge < -0.3 is 0 Å². The molecule has 0 aliphatic rings. The van der Waals surface area contributed by atoms with Gasteiger partial charge in [0.15, 0.2) is 0 Å². The zero-order valence-electron chi connectivity index (χ0n) is 11.8. The lowest BCUT2D eigenvalue weighted by Gasteiger charge is -2.31. The van der Waals surface area contributed by atoms with Crippen LogP contribution in [0.15, 0.2) is 43.5 Å². The largest absolute Gasteiger partial charge is 0.102 e. The molecule has 0 unspecified atom stereocenters. The van der Waals surface area contributed by atoms with E-state index in [1.54, 1.807) is 0 Å². The van der Waals surface area contributed by atoms with Gasteiger partial charge in [-0.25, -0.2) is 0 Å². The number of rotatable bonds is 4. The van der Waals surface area contributed by atoms with Crippen molar-refractivity contribution in [3.63, 3.8) is 0 Å². The summed E-state index contributed by atoms with van der Waals surface area (Å²) in [5.41, 5.74) is 3.95. The molecule has 96 valence electrons. The molecule has 17 heavy (non-hydrogen) atoms. The third kappa shape index (κ3) is 2.69. The predicted molar refractivity (Wildman–Crippen MR) is 81.9 cm³/mol. The van der Waals surface area contributed by atoms with Crippen LogP contribution in [-0.4, -0.2) is 0 Å². The summed E-state index contributed by atoms with van der Waals surface area (Å²) in [5.74, 6) is 0. The monoisotopic (exact) mass is 232 g/mol. The molecule has 0 aromatic heterocycles. The standard InChI is InChI=1S/C17H24.2H2/c1-8-16(4,5)14-11-10-13(3)12-15(14)17(6,7)9-2;;/h8-12H,1-2H2,3-7H3;2*1H. The van der Waals surface area contributed by atoms with E-state index in [9.17, 15) is 0 Å². The third-order valence-electron chi connectivity index (χ3n) is 3.58. The van der Waals surface area contributed by atoms with Crippen LogP contribution in [0.1, 0.15) is 47.2 Å². The lowest BCUT2D eigenvalue weighted by atomic mass is 9.73. The van der Waals surface area contributed by atoms with Crippen molar-refractivity contribution in [3.8, 4) is 0 Å². The van der Waals surface area contributed by atoms with Gasteiger partial charge in [-0.05, 0) is 18.1 Å². The average Bonchev–Trinajstić information content (AvgIpc) is 2.28. The molecule has 0 radical (unpaired) electrons. The van der Waals surface area contributed by atoms with Gasteiger partial charge in [-0.15, -0.1) is 13.2 Å². The number of allylic oxidation sites excluding steroid dienone is 2. The van der Waals surface area contributed by atoms with E-state index >= 15 is 0 Å². The van der Waals surface area contributed by atoms with Gasteiger partial charge in [-0.2, -0.15) is 0 Å². The van der Waals surface area contributed by atoms with Gasteiger partial charge >= 0.3 is 0 Å². The van der Waals surface area contributed by atoms with Crippen molar-refractivity contribution in [2.75, 3.05) is 0 Å². The van der Waals surface area contributed by atoms with Gasteiger partial charge in [-0.1, -0.05) is 63.6 Å². The molecule has 1 rings (SSSR count). The molecule has 0 aliphatic carbocycles. The summed E-state index contributed by atoms with van der Waals surface area (Å²) < 4.78 is 0. The Kier molecular flexibility index (Phi) is 3.66. The molecule has 0 bridgehead atoms. The molecule has 0 nitrogen and oxygen atoms in total. The lowest BCUT2D eigenvalue weighted by molar-refractivity contribution is 0.605. The second kappa shape index (κ2) is 4.52. The molecule has 0 N–H and O–H groups in total. The van der Waals surface area contributed by atoms with E-state index < -0.39 is 0 Å². The molecule has 1 aromatic rings. The van der Waals surface area contributed by atoms with Crippen molar-refractivity contribution in [2.24, 2.45) is 0 Å². The molecule has 0 saturated heterocycles. The Morgan fingerprint density at radius 2 is 1.41 bits per heavy atom. The summed E-state index contributed by atoms with van der Waals surface area (Å²) in [5, 5.41) is 0. The maximum absolute atomic E-state index is 3.96. The Morgan fingerprint density at radius 1 is 0.941 bits per heavy atom.